The lowest BCUT2D eigenvalue weighted by atomic mass is 10.2. The van der Waals surface area contributed by atoms with Crippen LogP contribution in [0.15, 0.2) is 54.9 Å². The number of aromatic nitrogens is 2. The molecule has 0 aliphatic carbocycles. The predicted molar refractivity (Wildman–Crippen MR) is 77.2 cm³/mol. The highest BCUT2D eigenvalue weighted by Gasteiger charge is 2.02. The molecule has 5 nitrogen and oxygen atoms in total. The largest absolute Gasteiger partial charge is 0.300 e. The summed E-state index contributed by atoms with van der Waals surface area (Å²) in [5, 5.41) is 10.6. The molecule has 0 amide bonds. The summed E-state index contributed by atoms with van der Waals surface area (Å²) in [6.07, 6.45) is 7.51. The van der Waals surface area contributed by atoms with Crippen molar-refractivity contribution >= 4 is 23.4 Å². The molecule has 0 radical (unpaired) electrons. The molecule has 3 aromatic rings. The van der Waals surface area contributed by atoms with Crippen molar-refractivity contribution in [3.63, 3.8) is 0 Å². The van der Waals surface area contributed by atoms with Gasteiger partial charge in [0.05, 0.1) is 16.6 Å². The van der Waals surface area contributed by atoms with Crippen LogP contribution in [0.4, 0.5) is 5.69 Å². The SMILES string of the molecule is O=[N+]([O-])c1ccc(/C=C/c2ncc3ccccn23)cc1. The fourth-order valence-corrected chi connectivity index (χ4v) is 1.97. The first-order chi connectivity index (χ1) is 9.74. The molecule has 98 valence electrons. The smallest absolute Gasteiger partial charge is 0.269 e. The first-order valence-corrected chi connectivity index (χ1v) is 6.09. The van der Waals surface area contributed by atoms with Gasteiger partial charge in [-0.25, -0.2) is 4.98 Å². The Morgan fingerprint density at radius 1 is 1.10 bits per heavy atom. The number of fused-ring (bicyclic) bond motifs is 1. The van der Waals surface area contributed by atoms with Crippen LogP contribution in [0.3, 0.4) is 0 Å². The van der Waals surface area contributed by atoms with Gasteiger partial charge in [0.2, 0.25) is 0 Å². The fourth-order valence-electron chi connectivity index (χ4n) is 1.97. The van der Waals surface area contributed by atoms with Crippen LogP contribution in [0.25, 0.3) is 17.7 Å². The lowest BCUT2D eigenvalue weighted by Gasteiger charge is -1.96. The summed E-state index contributed by atoms with van der Waals surface area (Å²) < 4.78 is 1.97. The predicted octanol–water partition coefficient (Wildman–Crippen LogP) is 3.41. The van der Waals surface area contributed by atoms with Crippen molar-refractivity contribution in [1.82, 2.24) is 9.38 Å². The van der Waals surface area contributed by atoms with Crippen LogP contribution < -0.4 is 0 Å². The molecule has 2 heterocycles. The van der Waals surface area contributed by atoms with Crippen molar-refractivity contribution in [2.75, 3.05) is 0 Å². The molecule has 0 fully saturated rings. The van der Waals surface area contributed by atoms with Crippen molar-refractivity contribution in [3.05, 3.63) is 76.4 Å². The second-order valence-electron chi connectivity index (χ2n) is 4.29. The lowest BCUT2D eigenvalue weighted by Crippen LogP contribution is -1.87. The van der Waals surface area contributed by atoms with Crippen LogP contribution in [0, 0.1) is 10.1 Å². The van der Waals surface area contributed by atoms with Gasteiger partial charge in [0.25, 0.3) is 5.69 Å². The molecular formula is C15H11N3O2. The Hall–Kier alpha value is -2.95. The topological polar surface area (TPSA) is 60.4 Å². The molecule has 2 aromatic heterocycles. The molecule has 0 spiro atoms. The zero-order valence-corrected chi connectivity index (χ0v) is 10.5. The maximum absolute atomic E-state index is 10.6. The normalized spacial score (nSPS) is 11.2. The zero-order valence-electron chi connectivity index (χ0n) is 10.5. The van der Waals surface area contributed by atoms with Crippen LogP contribution in [0.5, 0.6) is 0 Å². The van der Waals surface area contributed by atoms with Crippen LogP contribution in [-0.4, -0.2) is 14.3 Å². The van der Waals surface area contributed by atoms with E-state index in [-0.39, 0.29) is 5.69 Å². The van der Waals surface area contributed by atoms with Gasteiger partial charge in [-0.1, -0.05) is 12.1 Å². The van der Waals surface area contributed by atoms with E-state index < -0.39 is 4.92 Å². The van der Waals surface area contributed by atoms with Crippen LogP contribution in [0.2, 0.25) is 0 Å². The summed E-state index contributed by atoms with van der Waals surface area (Å²) in [6, 6.07) is 12.3. The van der Waals surface area contributed by atoms with Crippen LogP contribution >= 0.6 is 0 Å². The van der Waals surface area contributed by atoms with Crippen molar-refractivity contribution in [2.24, 2.45) is 0 Å². The summed E-state index contributed by atoms with van der Waals surface area (Å²) >= 11 is 0. The van der Waals surface area contributed by atoms with Crippen molar-refractivity contribution in [3.8, 4) is 0 Å². The Labute approximate surface area is 115 Å². The van der Waals surface area contributed by atoms with E-state index in [0.29, 0.717) is 0 Å². The van der Waals surface area contributed by atoms with E-state index in [2.05, 4.69) is 4.98 Å². The van der Waals surface area contributed by atoms with E-state index in [1.54, 1.807) is 18.3 Å². The molecule has 0 aliphatic rings. The molecule has 5 heteroatoms. The number of hydrogen-bond acceptors (Lipinski definition) is 3. The van der Waals surface area contributed by atoms with Gasteiger partial charge in [0.1, 0.15) is 5.82 Å². The number of rotatable bonds is 3. The molecular weight excluding hydrogens is 254 g/mol. The van der Waals surface area contributed by atoms with Crippen molar-refractivity contribution in [2.45, 2.75) is 0 Å². The van der Waals surface area contributed by atoms with Crippen molar-refractivity contribution in [1.29, 1.82) is 0 Å². The summed E-state index contributed by atoms with van der Waals surface area (Å²) in [6.45, 7) is 0. The first-order valence-electron chi connectivity index (χ1n) is 6.09. The van der Waals surface area contributed by atoms with E-state index in [4.69, 9.17) is 0 Å². The minimum atomic E-state index is -0.407. The quantitative estimate of drug-likeness (QED) is 0.538. The van der Waals surface area contributed by atoms with Gasteiger partial charge < -0.3 is 4.40 Å². The third-order valence-corrected chi connectivity index (χ3v) is 3.00. The van der Waals surface area contributed by atoms with E-state index in [9.17, 15) is 10.1 Å². The average Bonchev–Trinajstić information content (AvgIpc) is 2.89. The maximum Gasteiger partial charge on any atom is 0.269 e. The fraction of sp³-hybridized carbons (Fsp3) is 0. The number of benzene rings is 1. The number of hydrogen-bond donors (Lipinski definition) is 0. The van der Waals surface area contributed by atoms with Gasteiger partial charge in [-0.15, -0.1) is 0 Å². The summed E-state index contributed by atoms with van der Waals surface area (Å²) in [5.74, 6) is 0.818. The molecule has 3 rings (SSSR count). The number of nitro benzene ring substituents is 1. The summed E-state index contributed by atoms with van der Waals surface area (Å²) in [5.41, 5.74) is 2.01. The van der Waals surface area contributed by atoms with Gasteiger partial charge in [-0.05, 0) is 35.9 Å². The Morgan fingerprint density at radius 2 is 1.90 bits per heavy atom. The molecule has 1 aromatic carbocycles. The van der Waals surface area contributed by atoms with Crippen LogP contribution in [0.1, 0.15) is 11.4 Å². The van der Waals surface area contributed by atoms with E-state index >= 15 is 0 Å². The molecule has 0 aliphatic heterocycles. The summed E-state index contributed by atoms with van der Waals surface area (Å²) in [7, 11) is 0. The van der Waals surface area contributed by atoms with Gasteiger partial charge in [0.15, 0.2) is 0 Å². The maximum atomic E-state index is 10.6. The van der Waals surface area contributed by atoms with Crippen molar-refractivity contribution < 1.29 is 4.92 Å². The monoisotopic (exact) mass is 265 g/mol. The third-order valence-electron chi connectivity index (χ3n) is 3.00. The van der Waals surface area contributed by atoms with Gasteiger partial charge in [-0.3, -0.25) is 10.1 Å². The average molecular weight is 265 g/mol. The zero-order chi connectivity index (χ0) is 13.9. The van der Waals surface area contributed by atoms with Gasteiger partial charge in [-0.2, -0.15) is 0 Å². The van der Waals surface area contributed by atoms with E-state index in [1.165, 1.54) is 12.1 Å². The van der Waals surface area contributed by atoms with Crippen LogP contribution in [-0.2, 0) is 0 Å². The highest BCUT2D eigenvalue weighted by Crippen LogP contribution is 2.14. The number of nitro groups is 1. The second-order valence-corrected chi connectivity index (χ2v) is 4.29. The Morgan fingerprint density at radius 3 is 2.65 bits per heavy atom. The summed E-state index contributed by atoms with van der Waals surface area (Å²) in [4.78, 5) is 14.5. The van der Waals surface area contributed by atoms with E-state index in [1.807, 2.05) is 40.9 Å². The molecule has 0 atom stereocenters. The number of nitrogens with zero attached hydrogens (tertiary/aromatic N) is 3. The van der Waals surface area contributed by atoms with Gasteiger partial charge >= 0.3 is 0 Å². The minimum absolute atomic E-state index is 0.0911. The second kappa shape index (κ2) is 4.97. The molecule has 0 bridgehead atoms. The number of non-ortho nitro benzene ring substituents is 1. The molecule has 0 N–H and O–H groups in total. The molecule has 0 saturated heterocycles. The molecule has 0 saturated carbocycles. The highest BCUT2D eigenvalue weighted by molar-refractivity contribution is 5.69. The molecule has 0 unspecified atom stereocenters. The number of imidazole rings is 1. The van der Waals surface area contributed by atoms with E-state index in [0.717, 1.165) is 16.9 Å². The standard InChI is InChI=1S/C15H11N3O2/c19-18(20)13-7-4-12(5-8-13)6-9-15-16-11-14-3-1-2-10-17(14)15/h1-11H/b9-6+. The minimum Gasteiger partial charge on any atom is -0.300 e. The molecule has 20 heavy (non-hydrogen) atoms. The Kier molecular flexibility index (Phi) is 3.01. The Balaban J connectivity index is 1.88. The highest BCUT2D eigenvalue weighted by atomic mass is 16.6. The van der Waals surface area contributed by atoms with Gasteiger partial charge in [0, 0.05) is 18.3 Å². The first kappa shape index (κ1) is 12.1. The number of pyridine rings is 1. The lowest BCUT2D eigenvalue weighted by molar-refractivity contribution is -0.384. The Bertz CT molecular complexity index is 788. The third kappa shape index (κ3) is 2.29.